The number of carboxylic acids is 2. The van der Waals surface area contributed by atoms with E-state index in [9.17, 15) is 19.5 Å². The van der Waals surface area contributed by atoms with Crippen LogP contribution >= 0.6 is 0 Å². The fraction of sp³-hybridized carbons (Fsp3) is 0.312. The number of amides is 1. The Balaban J connectivity index is 2.00. The zero-order valence-electron chi connectivity index (χ0n) is 13.8. The summed E-state index contributed by atoms with van der Waals surface area (Å²) in [5.74, 6) is -2.99. The van der Waals surface area contributed by atoms with Gasteiger partial charge in [0.15, 0.2) is 0 Å². The molecular weight excluding hydrogens is 314 g/mol. The first kappa shape index (κ1) is 16.0. The second-order valence-electron chi connectivity index (χ2n) is 5.45. The maximum absolute atomic E-state index is 11.9. The van der Waals surface area contributed by atoms with Gasteiger partial charge in [-0.15, -0.1) is 0 Å². The summed E-state index contributed by atoms with van der Waals surface area (Å²) in [5.41, 5.74) is 3.48. The van der Waals surface area contributed by atoms with Crippen molar-refractivity contribution >= 4 is 28.7 Å². The predicted octanol–water partition coefficient (Wildman–Crippen LogP) is 0.472. The Kier molecular flexibility index (Phi) is 5.07. The van der Waals surface area contributed by atoms with E-state index in [2.05, 4.69) is 10.3 Å². The summed E-state index contributed by atoms with van der Waals surface area (Å²) in [6, 6.07) is 5.13. The highest BCUT2D eigenvalue weighted by atomic mass is 16.4. The van der Waals surface area contributed by atoms with E-state index in [0.717, 1.165) is 16.5 Å². The Bertz CT molecular complexity index is 776. The van der Waals surface area contributed by atoms with E-state index in [0.29, 0.717) is 0 Å². The zero-order valence-corrected chi connectivity index (χ0v) is 12.8. The highest BCUT2D eigenvalue weighted by Gasteiger charge is 2.22. The zero-order chi connectivity index (χ0) is 18.4. The van der Waals surface area contributed by atoms with Gasteiger partial charge in [0.1, 0.15) is 13.5 Å². The number of nitrogens with two attached hydrogens (primary N) is 1. The topological polar surface area (TPSA) is 146 Å². The number of fused-ring (bicyclic) bond motifs is 1. The minimum Gasteiger partial charge on any atom is -0.480 e. The predicted molar refractivity (Wildman–Crippen MR) is 86.4 cm³/mol. The van der Waals surface area contributed by atoms with Crippen LogP contribution in [0.3, 0.4) is 0 Å². The molecule has 0 saturated carbocycles. The van der Waals surface area contributed by atoms with Gasteiger partial charge in [-0.2, -0.15) is 0 Å². The summed E-state index contributed by atoms with van der Waals surface area (Å²) >= 11 is 0. The molecule has 6 N–H and O–H groups in total. The van der Waals surface area contributed by atoms with Crippen molar-refractivity contribution in [2.75, 3.05) is 0 Å². The molecule has 128 valence electrons. The second-order valence-corrected chi connectivity index (χ2v) is 5.45. The number of benzene rings is 1. The molecule has 0 bridgehead atoms. The molecule has 0 aliphatic rings. The summed E-state index contributed by atoms with van der Waals surface area (Å²) in [5, 5.41) is 21.4. The molecule has 0 aliphatic heterocycles. The van der Waals surface area contributed by atoms with E-state index in [1.807, 2.05) is 30.0 Å². The van der Waals surface area contributed by atoms with Crippen molar-refractivity contribution in [3.63, 3.8) is 0 Å². The van der Waals surface area contributed by atoms with Crippen LogP contribution in [0.5, 0.6) is 0 Å². The van der Waals surface area contributed by atoms with Crippen LogP contribution in [0, 0.1) is 0 Å². The number of hydrogen-bond acceptors (Lipinski definition) is 4. The van der Waals surface area contributed by atoms with Gasteiger partial charge in [-0.25, -0.2) is 4.79 Å². The van der Waals surface area contributed by atoms with Crippen molar-refractivity contribution in [1.29, 1.82) is 0 Å². The van der Waals surface area contributed by atoms with Crippen molar-refractivity contribution in [2.24, 2.45) is 5.73 Å². The molecule has 1 heterocycles. The SMILES string of the molecule is [2H]N[C@@H](CCC(=O)N[C@@H](Cc1c[nH]c2ccccc12)C(=O)O)C(=O)O. The van der Waals surface area contributed by atoms with Crippen LogP contribution in [0.1, 0.15) is 18.4 Å². The quantitative estimate of drug-likeness (QED) is 0.451. The summed E-state index contributed by atoms with van der Waals surface area (Å²) in [7, 11) is 0. The summed E-state index contributed by atoms with van der Waals surface area (Å²) in [6.45, 7) is 0. The third kappa shape index (κ3) is 4.32. The van der Waals surface area contributed by atoms with Gasteiger partial charge in [0, 0.05) is 29.9 Å². The molecule has 0 aliphatic carbocycles. The van der Waals surface area contributed by atoms with Crippen molar-refractivity contribution in [3.05, 3.63) is 36.0 Å². The van der Waals surface area contributed by atoms with Crippen LogP contribution in [-0.2, 0) is 20.8 Å². The van der Waals surface area contributed by atoms with Gasteiger partial charge < -0.3 is 26.2 Å². The molecule has 0 saturated heterocycles. The van der Waals surface area contributed by atoms with Gasteiger partial charge in [0.2, 0.25) is 5.91 Å². The Hall–Kier alpha value is -2.87. The Morgan fingerprint density at radius 1 is 1.25 bits per heavy atom. The smallest absolute Gasteiger partial charge is 0.326 e. The first-order valence-corrected chi connectivity index (χ1v) is 7.39. The first-order chi connectivity index (χ1) is 11.9. The average molecular weight is 334 g/mol. The number of aliphatic carboxylic acids is 2. The van der Waals surface area contributed by atoms with E-state index < -0.39 is 29.9 Å². The number of nitrogens with one attached hydrogen (secondary N) is 2. The van der Waals surface area contributed by atoms with Crippen molar-refractivity contribution in [1.82, 2.24) is 10.3 Å². The molecule has 1 amide bonds. The molecule has 0 unspecified atom stereocenters. The number of H-pyrrole nitrogens is 1. The Morgan fingerprint density at radius 3 is 2.67 bits per heavy atom. The van der Waals surface area contributed by atoms with E-state index in [1.165, 1.54) is 0 Å². The number of aromatic amines is 1. The lowest BCUT2D eigenvalue weighted by atomic mass is 10.0. The van der Waals surface area contributed by atoms with Gasteiger partial charge >= 0.3 is 11.9 Å². The van der Waals surface area contributed by atoms with Gasteiger partial charge in [0.25, 0.3) is 0 Å². The van der Waals surface area contributed by atoms with E-state index in [4.69, 9.17) is 6.52 Å². The summed E-state index contributed by atoms with van der Waals surface area (Å²) in [6.07, 6.45) is 1.51. The van der Waals surface area contributed by atoms with E-state index in [1.54, 1.807) is 6.20 Å². The highest BCUT2D eigenvalue weighted by molar-refractivity contribution is 5.87. The fourth-order valence-electron chi connectivity index (χ4n) is 2.39. The van der Waals surface area contributed by atoms with Crippen LogP contribution in [0.4, 0.5) is 0 Å². The van der Waals surface area contributed by atoms with Crippen LogP contribution < -0.4 is 11.0 Å². The number of carbonyl (C=O) groups excluding carboxylic acids is 1. The number of aromatic nitrogens is 1. The summed E-state index contributed by atoms with van der Waals surface area (Å²) in [4.78, 5) is 37.2. The Morgan fingerprint density at radius 2 is 2.00 bits per heavy atom. The molecule has 1 aromatic carbocycles. The van der Waals surface area contributed by atoms with Crippen molar-refractivity contribution in [3.8, 4) is 0 Å². The van der Waals surface area contributed by atoms with Crippen LogP contribution in [0.15, 0.2) is 30.5 Å². The van der Waals surface area contributed by atoms with Crippen LogP contribution in [-0.4, -0.2) is 45.1 Å². The molecule has 1 aromatic heterocycles. The van der Waals surface area contributed by atoms with Crippen molar-refractivity contribution < 1.29 is 26.0 Å². The maximum Gasteiger partial charge on any atom is 0.326 e. The number of carboxylic acid groups (broad SMARTS) is 2. The van der Waals surface area contributed by atoms with Gasteiger partial charge in [0.05, 0.1) is 0 Å². The number of rotatable bonds is 9. The second kappa shape index (κ2) is 7.60. The molecular formula is C16H19N3O5. The largest absolute Gasteiger partial charge is 0.480 e. The van der Waals surface area contributed by atoms with Gasteiger partial charge in [-0.3, -0.25) is 9.59 Å². The molecule has 24 heavy (non-hydrogen) atoms. The Labute approximate surface area is 139 Å². The molecule has 2 aromatic rings. The lowest BCUT2D eigenvalue weighted by molar-refractivity contribution is -0.142. The fourth-order valence-corrected chi connectivity index (χ4v) is 2.39. The van der Waals surface area contributed by atoms with E-state index >= 15 is 0 Å². The maximum atomic E-state index is 11.9. The number of carbonyl (C=O) groups is 3. The van der Waals surface area contributed by atoms with Crippen LogP contribution in [0.25, 0.3) is 10.9 Å². The van der Waals surface area contributed by atoms with E-state index in [-0.39, 0.29) is 19.3 Å². The normalized spacial score (nSPS) is 13.9. The number of para-hydroxylation sites is 1. The number of hydrogen-bond donors (Lipinski definition) is 5. The molecule has 0 spiro atoms. The lowest BCUT2D eigenvalue weighted by Gasteiger charge is -2.15. The lowest BCUT2D eigenvalue weighted by Crippen LogP contribution is -2.43. The van der Waals surface area contributed by atoms with Crippen LogP contribution in [0.2, 0.25) is 1.41 Å². The molecule has 2 rings (SSSR count). The van der Waals surface area contributed by atoms with Gasteiger partial charge in [-0.1, -0.05) is 18.2 Å². The third-order valence-electron chi connectivity index (χ3n) is 3.69. The third-order valence-corrected chi connectivity index (χ3v) is 3.69. The monoisotopic (exact) mass is 334 g/mol. The molecule has 0 fully saturated rings. The van der Waals surface area contributed by atoms with Crippen molar-refractivity contribution in [2.45, 2.75) is 31.3 Å². The standard InChI is InChI=1S/C16H19N3O5/c17-11(15(21)22)5-6-14(20)19-13(16(23)24)7-9-8-18-12-4-2-1-3-10(9)12/h1-4,8,11,13,18H,5-7,17H2,(H,19,20)(H,21,22)(H,23,24)/t11-,13-/m0/s1/i/hD. The minimum absolute atomic E-state index is 0.101. The first-order valence-electron chi connectivity index (χ1n) is 7.89. The van der Waals surface area contributed by atoms with Gasteiger partial charge in [-0.05, 0) is 18.1 Å². The minimum atomic E-state index is -1.24. The summed E-state index contributed by atoms with van der Waals surface area (Å²) < 4.78 is 6.89. The molecule has 0 radical (unpaired) electrons. The molecule has 2 atom stereocenters. The molecule has 8 heteroatoms. The highest BCUT2D eigenvalue weighted by Crippen LogP contribution is 2.19. The average Bonchev–Trinajstić information content (AvgIpc) is 2.97. The molecule has 8 nitrogen and oxygen atoms in total.